The van der Waals surface area contributed by atoms with Gasteiger partial charge in [0.05, 0.1) is 12.8 Å². The summed E-state index contributed by atoms with van der Waals surface area (Å²) in [5.41, 5.74) is 0.227. The van der Waals surface area contributed by atoms with Crippen molar-refractivity contribution in [3.63, 3.8) is 0 Å². The number of methoxy groups -OCH3 is 1. The molecular formula is C31H44FN7O6. The number of hydrogen-bond acceptors (Lipinski definition) is 9. The van der Waals surface area contributed by atoms with Crippen molar-refractivity contribution in [1.29, 1.82) is 0 Å². The molecular weight excluding hydrogens is 585 g/mol. The molecule has 1 aliphatic carbocycles. The molecule has 13 nitrogen and oxygen atoms in total. The Morgan fingerprint density at radius 3 is 2.38 bits per heavy atom. The summed E-state index contributed by atoms with van der Waals surface area (Å²) in [6.07, 6.45) is 3.40. The molecule has 2 heterocycles. The lowest BCUT2D eigenvalue weighted by molar-refractivity contribution is -0.138. The summed E-state index contributed by atoms with van der Waals surface area (Å²) in [4.78, 5) is 56.4. The average Bonchev–Trinajstić information content (AvgIpc) is 3.53. The van der Waals surface area contributed by atoms with Gasteiger partial charge in [0.2, 0.25) is 23.4 Å². The van der Waals surface area contributed by atoms with Gasteiger partial charge in [-0.3, -0.25) is 19.2 Å². The number of nitrogens with zero attached hydrogens (tertiary/aromatic N) is 4. The van der Waals surface area contributed by atoms with Crippen molar-refractivity contribution in [2.45, 2.75) is 70.9 Å². The van der Waals surface area contributed by atoms with E-state index in [4.69, 9.17) is 4.74 Å². The lowest BCUT2D eigenvalue weighted by atomic mass is 9.79. The van der Waals surface area contributed by atoms with Crippen LogP contribution in [0, 0.1) is 17.7 Å². The minimum atomic E-state index is -0.973. The van der Waals surface area contributed by atoms with E-state index in [1.54, 1.807) is 24.8 Å². The van der Waals surface area contributed by atoms with Crippen molar-refractivity contribution < 1.29 is 32.9 Å². The molecule has 4 rings (SSSR count). The SMILES string of the molecule is CCC(=O)N[C@@H](C(=O)N1CCN(C)CC1)[C@@H](C)c1ccc(NC(=O)[C@@H](NC(=O)c2nonc2OC)[C@H]2CC[C@H](C)CC2)c(F)c1. The van der Waals surface area contributed by atoms with Gasteiger partial charge in [0.15, 0.2) is 0 Å². The third kappa shape index (κ3) is 8.35. The second-order valence-electron chi connectivity index (χ2n) is 12.1. The van der Waals surface area contributed by atoms with Crippen LogP contribution in [0.1, 0.15) is 74.8 Å². The van der Waals surface area contributed by atoms with Crippen molar-refractivity contribution in [3.8, 4) is 5.88 Å². The van der Waals surface area contributed by atoms with Gasteiger partial charge in [-0.2, -0.15) is 0 Å². The standard InChI is InChI=1S/C31H44FN7O6/c1-6-24(40)34-25(31(43)39-15-13-38(4)14-16-39)19(3)21-11-12-23(22(32)17-21)33-28(41)26(20-9-7-18(2)8-10-20)35-29(42)27-30(44-5)37-45-36-27/h11-12,17-20,25-26H,6-10,13-16H2,1-5H3,(H,33,41)(H,34,40)(H,35,42)/t18-,19-,20-,25+,26-/m0/s1. The molecule has 2 aromatic rings. The summed E-state index contributed by atoms with van der Waals surface area (Å²) in [7, 11) is 3.31. The Kier molecular flexibility index (Phi) is 11.5. The van der Waals surface area contributed by atoms with Gasteiger partial charge in [-0.25, -0.2) is 9.02 Å². The molecule has 45 heavy (non-hydrogen) atoms. The van der Waals surface area contributed by atoms with E-state index in [9.17, 15) is 19.2 Å². The topological polar surface area (TPSA) is 159 Å². The van der Waals surface area contributed by atoms with E-state index in [0.717, 1.165) is 25.9 Å². The molecule has 0 unspecified atom stereocenters. The predicted octanol–water partition coefficient (Wildman–Crippen LogP) is 2.55. The van der Waals surface area contributed by atoms with Crippen LogP contribution in [-0.4, -0.2) is 96.2 Å². The molecule has 3 atom stereocenters. The number of halogens is 1. The largest absolute Gasteiger partial charge is 0.477 e. The maximum Gasteiger partial charge on any atom is 0.288 e. The number of carbonyl (C=O) groups is 4. The monoisotopic (exact) mass is 629 g/mol. The van der Waals surface area contributed by atoms with Crippen molar-refractivity contribution in [3.05, 3.63) is 35.3 Å². The third-order valence-corrected chi connectivity index (χ3v) is 8.96. The molecule has 0 bridgehead atoms. The van der Waals surface area contributed by atoms with E-state index in [1.807, 2.05) is 7.05 Å². The van der Waals surface area contributed by atoms with Crippen molar-refractivity contribution in [2.75, 3.05) is 45.7 Å². The fourth-order valence-corrected chi connectivity index (χ4v) is 5.90. The Morgan fingerprint density at radius 1 is 1.07 bits per heavy atom. The lowest BCUT2D eigenvalue weighted by Crippen LogP contribution is -2.55. The van der Waals surface area contributed by atoms with Crippen LogP contribution in [-0.2, 0) is 14.4 Å². The molecule has 1 saturated heterocycles. The summed E-state index contributed by atoms with van der Waals surface area (Å²) in [5.74, 6) is -2.79. The Labute approximate surface area is 262 Å². The summed E-state index contributed by atoms with van der Waals surface area (Å²) < 4.78 is 25.2. The highest BCUT2D eigenvalue weighted by atomic mass is 19.1. The minimum absolute atomic E-state index is 0.0698. The van der Waals surface area contributed by atoms with Crippen LogP contribution in [0.5, 0.6) is 5.88 Å². The quantitative estimate of drug-likeness (QED) is 0.340. The van der Waals surface area contributed by atoms with Gasteiger partial charge in [-0.15, -0.1) is 0 Å². The van der Waals surface area contributed by atoms with Crippen LogP contribution in [0.2, 0.25) is 0 Å². The normalized spacial score (nSPS) is 20.9. The van der Waals surface area contributed by atoms with Crippen molar-refractivity contribution in [2.24, 2.45) is 11.8 Å². The zero-order valence-electron chi connectivity index (χ0n) is 26.6. The van der Waals surface area contributed by atoms with Gasteiger partial charge < -0.3 is 30.5 Å². The third-order valence-electron chi connectivity index (χ3n) is 8.96. The van der Waals surface area contributed by atoms with Crippen LogP contribution < -0.4 is 20.7 Å². The Morgan fingerprint density at radius 2 is 1.76 bits per heavy atom. The number of rotatable bonds is 11. The average molecular weight is 630 g/mol. The molecule has 2 aliphatic rings. The maximum atomic E-state index is 15.6. The predicted molar refractivity (Wildman–Crippen MR) is 163 cm³/mol. The minimum Gasteiger partial charge on any atom is -0.477 e. The number of amides is 4. The first-order chi connectivity index (χ1) is 21.5. The molecule has 0 spiro atoms. The molecule has 1 aromatic heterocycles. The molecule has 3 N–H and O–H groups in total. The smallest absolute Gasteiger partial charge is 0.288 e. The first kappa shape index (κ1) is 33.8. The van der Waals surface area contributed by atoms with Gasteiger partial charge in [-0.1, -0.05) is 39.7 Å². The zero-order valence-corrected chi connectivity index (χ0v) is 26.6. The number of benzene rings is 1. The summed E-state index contributed by atoms with van der Waals surface area (Å²) in [6.45, 7) is 8.14. The lowest BCUT2D eigenvalue weighted by Gasteiger charge is -2.36. The van der Waals surface area contributed by atoms with Gasteiger partial charge in [-0.05, 0) is 59.7 Å². The highest BCUT2D eigenvalue weighted by Crippen LogP contribution is 2.32. The van der Waals surface area contributed by atoms with E-state index in [-0.39, 0.29) is 41.4 Å². The van der Waals surface area contributed by atoms with E-state index in [2.05, 4.69) is 42.7 Å². The van der Waals surface area contributed by atoms with Crippen LogP contribution in [0.4, 0.5) is 10.1 Å². The first-order valence-corrected chi connectivity index (χ1v) is 15.6. The molecule has 246 valence electrons. The van der Waals surface area contributed by atoms with Crippen LogP contribution in [0.15, 0.2) is 22.8 Å². The van der Waals surface area contributed by atoms with Crippen LogP contribution in [0.3, 0.4) is 0 Å². The molecule has 1 saturated carbocycles. The number of piperazine rings is 1. The molecule has 4 amide bonds. The summed E-state index contributed by atoms with van der Waals surface area (Å²) in [6, 6.07) is 2.49. The van der Waals surface area contributed by atoms with Gasteiger partial charge in [0.25, 0.3) is 11.8 Å². The first-order valence-electron chi connectivity index (χ1n) is 15.6. The molecule has 14 heteroatoms. The zero-order chi connectivity index (χ0) is 32.7. The molecule has 1 aromatic carbocycles. The van der Waals surface area contributed by atoms with E-state index >= 15 is 4.39 Å². The van der Waals surface area contributed by atoms with Crippen LogP contribution in [0.25, 0.3) is 0 Å². The Bertz CT molecular complexity index is 1350. The number of aromatic nitrogens is 2. The van der Waals surface area contributed by atoms with Gasteiger partial charge >= 0.3 is 0 Å². The summed E-state index contributed by atoms with van der Waals surface area (Å²) >= 11 is 0. The molecule has 0 radical (unpaired) electrons. The highest BCUT2D eigenvalue weighted by molar-refractivity contribution is 6.01. The highest BCUT2D eigenvalue weighted by Gasteiger charge is 2.36. The second kappa shape index (κ2) is 15.3. The number of ether oxygens (including phenoxy) is 1. The second-order valence-corrected chi connectivity index (χ2v) is 12.1. The Balaban J connectivity index is 1.52. The number of likely N-dealkylation sites (N-methyl/N-ethyl adjacent to an activating group) is 1. The number of hydrogen-bond donors (Lipinski definition) is 3. The fraction of sp³-hybridized carbons (Fsp3) is 0.613. The number of carbonyl (C=O) groups excluding carboxylic acids is 4. The van der Waals surface area contributed by atoms with E-state index in [0.29, 0.717) is 37.4 Å². The molecule has 1 aliphatic heterocycles. The van der Waals surface area contributed by atoms with Crippen molar-refractivity contribution >= 4 is 29.3 Å². The Hall–Kier alpha value is -4.07. The number of anilines is 1. The van der Waals surface area contributed by atoms with E-state index < -0.39 is 35.6 Å². The van der Waals surface area contributed by atoms with E-state index in [1.165, 1.54) is 19.2 Å². The van der Waals surface area contributed by atoms with Gasteiger partial charge in [0.1, 0.15) is 17.9 Å². The summed E-state index contributed by atoms with van der Waals surface area (Å²) in [5, 5.41) is 15.3. The fourth-order valence-electron chi connectivity index (χ4n) is 5.90. The number of nitrogens with one attached hydrogen (secondary N) is 3. The maximum absolute atomic E-state index is 15.6. The molecule has 2 fully saturated rings. The van der Waals surface area contributed by atoms with Crippen molar-refractivity contribution in [1.82, 2.24) is 30.7 Å². The van der Waals surface area contributed by atoms with Gasteiger partial charge in [0, 0.05) is 38.5 Å². The van der Waals surface area contributed by atoms with Crippen LogP contribution >= 0.6 is 0 Å².